The van der Waals surface area contributed by atoms with Gasteiger partial charge >= 0.3 is 0 Å². The van der Waals surface area contributed by atoms with E-state index in [9.17, 15) is 5.11 Å². The molecule has 1 heterocycles. The van der Waals surface area contributed by atoms with Gasteiger partial charge in [-0.2, -0.15) is 0 Å². The number of fused-ring (bicyclic) bond motifs is 1. The molecule has 0 aliphatic carbocycles. The first-order valence-corrected chi connectivity index (χ1v) is 7.15. The Morgan fingerprint density at radius 3 is 2.05 bits per heavy atom. The molecule has 0 unspecified atom stereocenters. The summed E-state index contributed by atoms with van der Waals surface area (Å²) in [5, 5.41) is 11.6. The summed E-state index contributed by atoms with van der Waals surface area (Å²) in [5.41, 5.74) is 4.43. The number of aryl methyl sites for hydroxylation is 2. The summed E-state index contributed by atoms with van der Waals surface area (Å²) < 4.78 is 0. The van der Waals surface area contributed by atoms with Crippen molar-refractivity contribution in [2.24, 2.45) is 0 Å². The predicted molar refractivity (Wildman–Crippen MR) is 85.2 cm³/mol. The highest BCUT2D eigenvalue weighted by atomic mass is 16.3. The van der Waals surface area contributed by atoms with E-state index in [0.717, 1.165) is 27.7 Å². The van der Waals surface area contributed by atoms with Crippen molar-refractivity contribution in [2.75, 3.05) is 0 Å². The lowest BCUT2D eigenvalue weighted by molar-refractivity contribution is 0.0800. The zero-order valence-electron chi connectivity index (χ0n) is 13.6. The Bertz CT molecular complexity index is 658. The lowest BCUT2D eigenvalue weighted by Gasteiger charge is -2.25. The molecule has 2 aromatic rings. The Hall–Kier alpha value is -1.41. The van der Waals surface area contributed by atoms with Crippen LogP contribution in [0.15, 0.2) is 18.2 Å². The first kappa shape index (κ1) is 15.0. The third-order valence-corrected chi connectivity index (χ3v) is 3.68. The normalized spacial score (nSPS) is 13.0. The smallest absolute Gasteiger partial charge is 0.0847 e. The van der Waals surface area contributed by atoms with Crippen LogP contribution in [-0.2, 0) is 11.0 Å². The van der Waals surface area contributed by atoms with E-state index in [1.807, 2.05) is 13.8 Å². The number of benzene rings is 1. The molecule has 0 amide bonds. The van der Waals surface area contributed by atoms with E-state index in [-0.39, 0.29) is 5.41 Å². The minimum absolute atomic E-state index is 0.0362. The SMILES string of the molecule is Cc1cc(C)c2nc(C(C)(C)C)cc(C(C)(C)O)c2c1. The number of aromatic nitrogens is 1. The number of aliphatic hydroxyl groups is 1. The van der Waals surface area contributed by atoms with Crippen LogP contribution >= 0.6 is 0 Å². The average Bonchev–Trinajstić information content (AvgIpc) is 2.24. The topological polar surface area (TPSA) is 33.1 Å². The van der Waals surface area contributed by atoms with Crippen molar-refractivity contribution in [1.29, 1.82) is 0 Å². The van der Waals surface area contributed by atoms with Gasteiger partial charge in [-0.15, -0.1) is 0 Å². The second-order valence-electron chi connectivity index (χ2n) is 7.34. The van der Waals surface area contributed by atoms with Crippen molar-refractivity contribution < 1.29 is 5.11 Å². The Morgan fingerprint density at radius 2 is 1.55 bits per heavy atom. The number of hydrogen-bond donors (Lipinski definition) is 1. The van der Waals surface area contributed by atoms with E-state index >= 15 is 0 Å². The molecule has 0 aliphatic rings. The monoisotopic (exact) mass is 271 g/mol. The minimum atomic E-state index is -0.874. The summed E-state index contributed by atoms with van der Waals surface area (Å²) in [6.45, 7) is 14.3. The molecule has 108 valence electrons. The van der Waals surface area contributed by atoms with E-state index in [4.69, 9.17) is 4.98 Å². The Kier molecular flexibility index (Phi) is 3.42. The fourth-order valence-electron chi connectivity index (χ4n) is 2.57. The second-order valence-corrected chi connectivity index (χ2v) is 7.34. The molecule has 0 bridgehead atoms. The van der Waals surface area contributed by atoms with Gasteiger partial charge in [-0.1, -0.05) is 32.4 Å². The zero-order chi connectivity index (χ0) is 15.3. The average molecular weight is 271 g/mol. The molecule has 0 aliphatic heterocycles. The molecule has 1 aromatic carbocycles. The zero-order valence-corrected chi connectivity index (χ0v) is 13.6. The van der Waals surface area contributed by atoms with E-state index in [0.29, 0.717) is 0 Å². The molecular weight excluding hydrogens is 246 g/mol. The van der Waals surface area contributed by atoms with Crippen LogP contribution in [0.3, 0.4) is 0 Å². The Morgan fingerprint density at radius 1 is 0.950 bits per heavy atom. The first-order chi connectivity index (χ1) is 9.00. The fraction of sp³-hybridized carbons (Fsp3) is 0.500. The fourth-order valence-corrected chi connectivity index (χ4v) is 2.57. The molecular formula is C18H25NO. The highest BCUT2D eigenvalue weighted by Crippen LogP contribution is 2.33. The van der Waals surface area contributed by atoms with E-state index in [2.05, 4.69) is 52.8 Å². The van der Waals surface area contributed by atoms with Crippen LogP contribution in [0.1, 0.15) is 57.0 Å². The van der Waals surface area contributed by atoms with E-state index in [1.165, 1.54) is 5.56 Å². The summed E-state index contributed by atoms with van der Waals surface area (Å²) in [6, 6.07) is 6.33. The molecule has 0 radical (unpaired) electrons. The van der Waals surface area contributed by atoms with Crippen molar-refractivity contribution in [3.05, 3.63) is 40.6 Å². The number of rotatable bonds is 1. The van der Waals surface area contributed by atoms with Crippen LogP contribution in [0.4, 0.5) is 0 Å². The number of hydrogen-bond acceptors (Lipinski definition) is 2. The van der Waals surface area contributed by atoms with Crippen molar-refractivity contribution in [3.8, 4) is 0 Å². The molecule has 2 rings (SSSR count). The molecule has 0 saturated heterocycles. The third kappa shape index (κ3) is 2.71. The summed E-state index contributed by atoms with van der Waals surface area (Å²) >= 11 is 0. The van der Waals surface area contributed by atoms with E-state index < -0.39 is 5.60 Å². The van der Waals surface area contributed by atoms with Gasteiger partial charge in [0.15, 0.2) is 0 Å². The van der Waals surface area contributed by atoms with Crippen molar-refractivity contribution >= 4 is 10.9 Å². The maximum Gasteiger partial charge on any atom is 0.0847 e. The largest absolute Gasteiger partial charge is 0.386 e. The maximum atomic E-state index is 10.5. The second kappa shape index (κ2) is 4.56. The maximum absolute atomic E-state index is 10.5. The Labute approximate surface area is 121 Å². The van der Waals surface area contributed by atoms with E-state index in [1.54, 1.807) is 0 Å². The van der Waals surface area contributed by atoms with Gasteiger partial charge in [0.05, 0.1) is 11.1 Å². The van der Waals surface area contributed by atoms with Gasteiger partial charge in [0.1, 0.15) is 0 Å². The Balaban J connectivity index is 2.93. The van der Waals surface area contributed by atoms with Crippen LogP contribution < -0.4 is 0 Å². The highest BCUT2D eigenvalue weighted by molar-refractivity contribution is 5.86. The molecule has 0 fully saturated rings. The summed E-state index contributed by atoms with van der Waals surface area (Å²) in [4.78, 5) is 4.85. The molecule has 2 nitrogen and oxygen atoms in total. The van der Waals surface area contributed by atoms with Crippen LogP contribution in [0.2, 0.25) is 0 Å². The van der Waals surface area contributed by atoms with Gasteiger partial charge in [-0.3, -0.25) is 4.98 Å². The van der Waals surface area contributed by atoms with Gasteiger partial charge in [-0.25, -0.2) is 0 Å². The van der Waals surface area contributed by atoms with Crippen LogP contribution in [0.5, 0.6) is 0 Å². The van der Waals surface area contributed by atoms with Gasteiger partial charge in [0, 0.05) is 16.5 Å². The highest BCUT2D eigenvalue weighted by Gasteiger charge is 2.25. The molecule has 1 aromatic heterocycles. The van der Waals surface area contributed by atoms with Crippen molar-refractivity contribution in [2.45, 2.75) is 59.5 Å². The van der Waals surface area contributed by atoms with Crippen molar-refractivity contribution in [3.63, 3.8) is 0 Å². The molecule has 2 heteroatoms. The first-order valence-electron chi connectivity index (χ1n) is 7.15. The van der Waals surface area contributed by atoms with Gasteiger partial charge in [0.2, 0.25) is 0 Å². The molecule has 0 saturated carbocycles. The van der Waals surface area contributed by atoms with Crippen LogP contribution in [0, 0.1) is 13.8 Å². The standard InChI is InChI=1S/C18H25NO/c1-11-8-12(2)16-13(9-11)14(18(6,7)20)10-15(19-16)17(3,4)5/h8-10,20H,1-7H3. The van der Waals surface area contributed by atoms with Crippen LogP contribution in [-0.4, -0.2) is 10.1 Å². The van der Waals surface area contributed by atoms with Gasteiger partial charge < -0.3 is 5.11 Å². The van der Waals surface area contributed by atoms with Gasteiger partial charge in [-0.05, 0) is 51.0 Å². The molecule has 1 N–H and O–H groups in total. The predicted octanol–water partition coefficient (Wildman–Crippen LogP) is 4.38. The number of nitrogens with zero attached hydrogens (tertiary/aromatic N) is 1. The third-order valence-electron chi connectivity index (χ3n) is 3.68. The molecule has 0 spiro atoms. The summed E-state index contributed by atoms with van der Waals surface area (Å²) in [7, 11) is 0. The summed E-state index contributed by atoms with van der Waals surface area (Å²) in [6.07, 6.45) is 0. The lowest BCUT2D eigenvalue weighted by atomic mass is 9.85. The lowest BCUT2D eigenvalue weighted by Crippen LogP contribution is -2.20. The minimum Gasteiger partial charge on any atom is -0.386 e. The number of pyridine rings is 1. The summed E-state index contributed by atoms with van der Waals surface area (Å²) in [5.74, 6) is 0. The molecule has 0 atom stereocenters. The van der Waals surface area contributed by atoms with Gasteiger partial charge in [0.25, 0.3) is 0 Å². The van der Waals surface area contributed by atoms with Crippen LogP contribution in [0.25, 0.3) is 10.9 Å². The quantitative estimate of drug-likeness (QED) is 0.835. The van der Waals surface area contributed by atoms with Crippen molar-refractivity contribution in [1.82, 2.24) is 4.98 Å². The molecule has 20 heavy (non-hydrogen) atoms.